The lowest BCUT2D eigenvalue weighted by atomic mass is 10.0. The number of aromatic nitrogens is 1. The lowest BCUT2D eigenvalue weighted by molar-refractivity contribution is -0.137. The molecule has 6 rings (SSSR count). The van der Waals surface area contributed by atoms with Crippen LogP contribution < -0.4 is 15.6 Å². The second-order valence-electron chi connectivity index (χ2n) is 9.71. The summed E-state index contributed by atoms with van der Waals surface area (Å²) in [5, 5.41) is 10.8. The van der Waals surface area contributed by atoms with Crippen molar-refractivity contribution >= 4 is 16.9 Å². The van der Waals surface area contributed by atoms with Crippen molar-refractivity contribution in [3.63, 3.8) is 0 Å². The van der Waals surface area contributed by atoms with E-state index in [-0.39, 0.29) is 18.0 Å². The standard InChI is InChI=1S/C26H31N5O4/c32-23-8-12-31(26(23)33)19-6-10-30(11-7-19)15-18-16-34-24-13-20(2-3-21(18)24)35-25-4-1-17(14-27-25)22-5-9-28-29-22/h1-4,13-14,16,19,22-23,28-29,32H,5-12,15H2/t22?,23-/m0/s1. The van der Waals surface area contributed by atoms with E-state index in [1.54, 1.807) is 0 Å². The van der Waals surface area contributed by atoms with E-state index >= 15 is 0 Å². The molecule has 9 nitrogen and oxygen atoms in total. The molecule has 5 heterocycles. The number of ether oxygens (including phenoxy) is 1. The Bertz CT molecular complexity index is 1180. The first-order valence-electron chi connectivity index (χ1n) is 12.5. The predicted octanol–water partition coefficient (Wildman–Crippen LogP) is 2.72. The van der Waals surface area contributed by atoms with Crippen molar-refractivity contribution in [3.8, 4) is 11.6 Å². The van der Waals surface area contributed by atoms with Gasteiger partial charge in [-0.2, -0.15) is 0 Å². The lowest BCUT2D eigenvalue weighted by Gasteiger charge is -2.36. The second-order valence-corrected chi connectivity index (χ2v) is 9.71. The van der Waals surface area contributed by atoms with Crippen LogP contribution in [0.4, 0.5) is 0 Å². The number of aliphatic hydroxyl groups is 1. The van der Waals surface area contributed by atoms with E-state index in [0.717, 1.165) is 67.5 Å². The minimum atomic E-state index is -0.805. The number of pyridine rings is 1. The number of rotatable bonds is 6. The summed E-state index contributed by atoms with van der Waals surface area (Å²) in [5.74, 6) is 1.15. The van der Waals surface area contributed by atoms with Crippen molar-refractivity contribution in [2.24, 2.45) is 0 Å². The Morgan fingerprint density at radius 1 is 1.11 bits per heavy atom. The maximum absolute atomic E-state index is 12.1. The van der Waals surface area contributed by atoms with E-state index in [2.05, 4.69) is 20.7 Å². The number of hydrazine groups is 1. The maximum atomic E-state index is 12.1. The van der Waals surface area contributed by atoms with Gasteiger partial charge in [0.2, 0.25) is 5.88 Å². The number of likely N-dealkylation sites (tertiary alicyclic amines) is 2. The Morgan fingerprint density at radius 2 is 2.00 bits per heavy atom. The van der Waals surface area contributed by atoms with Gasteiger partial charge >= 0.3 is 0 Å². The second kappa shape index (κ2) is 9.58. The molecular weight excluding hydrogens is 446 g/mol. The van der Waals surface area contributed by atoms with Gasteiger partial charge in [-0.15, -0.1) is 0 Å². The fraction of sp³-hybridized carbons (Fsp3) is 0.462. The third-order valence-corrected chi connectivity index (χ3v) is 7.45. The number of amides is 1. The molecule has 3 aromatic rings. The lowest BCUT2D eigenvalue weighted by Crippen LogP contribution is -2.46. The van der Waals surface area contributed by atoms with Crippen molar-refractivity contribution in [2.75, 3.05) is 26.2 Å². The molecule has 35 heavy (non-hydrogen) atoms. The summed E-state index contributed by atoms with van der Waals surface area (Å²) >= 11 is 0. The van der Waals surface area contributed by atoms with E-state index in [1.165, 1.54) is 0 Å². The molecular formula is C26H31N5O4. The van der Waals surface area contributed by atoms with E-state index in [0.29, 0.717) is 24.6 Å². The Balaban J connectivity index is 1.06. The summed E-state index contributed by atoms with van der Waals surface area (Å²) in [5.41, 5.74) is 9.47. The minimum absolute atomic E-state index is 0.100. The van der Waals surface area contributed by atoms with E-state index in [9.17, 15) is 9.90 Å². The van der Waals surface area contributed by atoms with Crippen LogP contribution in [0.25, 0.3) is 11.0 Å². The number of aliphatic hydroxyl groups excluding tert-OH is 1. The van der Waals surface area contributed by atoms with Gasteiger partial charge in [-0.3, -0.25) is 20.5 Å². The molecule has 1 unspecified atom stereocenters. The van der Waals surface area contributed by atoms with E-state index < -0.39 is 6.10 Å². The number of fused-ring (bicyclic) bond motifs is 1. The summed E-state index contributed by atoms with van der Waals surface area (Å²) in [7, 11) is 0. The smallest absolute Gasteiger partial charge is 0.251 e. The maximum Gasteiger partial charge on any atom is 0.251 e. The number of carbonyl (C=O) groups is 1. The topological polar surface area (TPSA) is 103 Å². The molecule has 0 bridgehead atoms. The van der Waals surface area contributed by atoms with Gasteiger partial charge in [-0.1, -0.05) is 6.07 Å². The Hall–Kier alpha value is -2.98. The van der Waals surface area contributed by atoms with Crippen LogP contribution in [0.2, 0.25) is 0 Å². The Morgan fingerprint density at radius 3 is 2.71 bits per heavy atom. The van der Waals surface area contributed by atoms with Gasteiger partial charge in [-0.25, -0.2) is 4.98 Å². The van der Waals surface area contributed by atoms with Crippen LogP contribution in [0.5, 0.6) is 11.6 Å². The number of hydrogen-bond acceptors (Lipinski definition) is 8. The quantitative estimate of drug-likeness (QED) is 0.498. The number of piperidine rings is 1. The molecule has 0 saturated carbocycles. The van der Waals surface area contributed by atoms with Gasteiger partial charge in [-0.05, 0) is 43.4 Å². The molecule has 3 N–H and O–H groups in total. The van der Waals surface area contributed by atoms with Gasteiger partial charge in [0, 0.05) is 74.1 Å². The molecule has 0 spiro atoms. The first-order chi connectivity index (χ1) is 17.1. The van der Waals surface area contributed by atoms with Crippen LogP contribution in [0, 0.1) is 0 Å². The number of nitrogens with one attached hydrogen (secondary N) is 2. The van der Waals surface area contributed by atoms with Gasteiger partial charge in [0.05, 0.1) is 6.26 Å². The Labute approximate surface area is 204 Å². The van der Waals surface area contributed by atoms with Crippen molar-refractivity contribution in [3.05, 3.63) is 53.9 Å². The average molecular weight is 478 g/mol. The van der Waals surface area contributed by atoms with Crippen molar-refractivity contribution in [1.29, 1.82) is 0 Å². The zero-order chi connectivity index (χ0) is 23.8. The number of hydrogen-bond donors (Lipinski definition) is 3. The third kappa shape index (κ3) is 4.64. The van der Waals surface area contributed by atoms with Crippen LogP contribution in [0.1, 0.15) is 42.9 Å². The molecule has 9 heteroatoms. The SMILES string of the molecule is O=C1[C@@H](O)CCN1C1CCN(Cc2coc3cc(Oc4ccc(C5CCNN5)cn4)ccc23)CC1. The van der Waals surface area contributed by atoms with Crippen LogP contribution in [0.15, 0.2) is 47.2 Å². The van der Waals surface area contributed by atoms with Gasteiger partial charge < -0.3 is 19.2 Å². The molecule has 3 saturated heterocycles. The molecule has 3 aliphatic rings. The van der Waals surface area contributed by atoms with Crippen LogP contribution >= 0.6 is 0 Å². The highest BCUT2D eigenvalue weighted by molar-refractivity contribution is 5.83. The zero-order valence-corrected chi connectivity index (χ0v) is 19.7. The van der Waals surface area contributed by atoms with Gasteiger partial charge in [0.25, 0.3) is 5.91 Å². The van der Waals surface area contributed by atoms with Crippen LogP contribution in [-0.2, 0) is 11.3 Å². The molecule has 1 amide bonds. The highest BCUT2D eigenvalue weighted by Gasteiger charge is 2.36. The van der Waals surface area contributed by atoms with Crippen LogP contribution in [-0.4, -0.2) is 64.1 Å². The summed E-state index contributed by atoms with van der Waals surface area (Å²) in [6, 6.07) is 10.4. The molecule has 0 aliphatic carbocycles. The first kappa shape index (κ1) is 22.5. The summed E-state index contributed by atoms with van der Waals surface area (Å²) < 4.78 is 11.8. The minimum Gasteiger partial charge on any atom is -0.464 e. The number of nitrogens with zero attached hydrogens (tertiary/aromatic N) is 3. The van der Waals surface area contributed by atoms with Crippen molar-refractivity contribution in [1.82, 2.24) is 25.6 Å². The summed E-state index contributed by atoms with van der Waals surface area (Å²) in [6.45, 7) is 4.29. The molecule has 184 valence electrons. The fourth-order valence-electron chi connectivity index (χ4n) is 5.44. The average Bonchev–Trinajstić information content (AvgIpc) is 3.63. The molecule has 0 radical (unpaired) electrons. The monoisotopic (exact) mass is 477 g/mol. The highest BCUT2D eigenvalue weighted by atomic mass is 16.5. The number of furan rings is 1. The molecule has 3 aliphatic heterocycles. The van der Waals surface area contributed by atoms with Crippen molar-refractivity contribution in [2.45, 2.75) is 50.4 Å². The van der Waals surface area contributed by atoms with Crippen LogP contribution in [0.3, 0.4) is 0 Å². The molecule has 3 fully saturated rings. The number of carbonyl (C=O) groups excluding carboxylic acids is 1. The van der Waals surface area contributed by atoms with Crippen molar-refractivity contribution < 1.29 is 19.1 Å². The normalized spacial score (nSPS) is 24.0. The first-order valence-corrected chi connectivity index (χ1v) is 12.5. The summed E-state index contributed by atoms with van der Waals surface area (Å²) in [6.07, 6.45) is 6.35. The van der Waals surface area contributed by atoms with Gasteiger partial charge in [0.15, 0.2) is 0 Å². The molecule has 2 aromatic heterocycles. The predicted molar refractivity (Wildman–Crippen MR) is 130 cm³/mol. The van der Waals surface area contributed by atoms with E-state index in [4.69, 9.17) is 9.15 Å². The fourth-order valence-corrected chi connectivity index (χ4v) is 5.44. The molecule has 1 aromatic carbocycles. The summed E-state index contributed by atoms with van der Waals surface area (Å²) in [4.78, 5) is 20.9. The largest absolute Gasteiger partial charge is 0.464 e. The third-order valence-electron chi connectivity index (χ3n) is 7.45. The Kier molecular flexibility index (Phi) is 6.15. The number of benzene rings is 1. The zero-order valence-electron chi connectivity index (χ0n) is 19.7. The van der Waals surface area contributed by atoms with Gasteiger partial charge in [0.1, 0.15) is 17.4 Å². The molecule has 2 atom stereocenters. The van der Waals surface area contributed by atoms with E-state index in [1.807, 2.05) is 47.7 Å². The highest BCUT2D eigenvalue weighted by Crippen LogP contribution is 2.30.